The summed E-state index contributed by atoms with van der Waals surface area (Å²) in [6.45, 7) is -1.09. The van der Waals surface area contributed by atoms with Crippen LogP contribution in [0.15, 0.2) is 12.1 Å². The Bertz CT molecular complexity index is 471. The van der Waals surface area contributed by atoms with Crippen molar-refractivity contribution in [2.45, 2.75) is 0 Å². The van der Waals surface area contributed by atoms with Gasteiger partial charge in [-0.2, -0.15) is 0 Å². The molecule has 1 heterocycles. The molecule has 0 saturated heterocycles. The maximum absolute atomic E-state index is 11.1. The lowest BCUT2D eigenvalue weighted by Gasteiger charge is -2.18. The first-order valence-corrected chi connectivity index (χ1v) is 5.04. The van der Waals surface area contributed by atoms with Crippen LogP contribution in [0, 0.1) is 0 Å². The van der Waals surface area contributed by atoms with Gasteiger partial charge >= 0.3 is 17.9 Å². The lowest BCUT2D eigenvalue weighted by atomic mass is 10.3. The molecular weight excluding hydrogens is 258 g/mol. The molecule has 0 aliphatic heterocycles. The molecule has 1 rings (SSSR count). The van der Waals surface area contributed by atoms with Crippen LogP contribution in [0.3, 0.4) is 0 Å². The Morgan fingerprint density at radius 1 is 1.16 bits per heavy atom. The lowest BCUT2D eigenvalue weighted by molar-refractivity contribution is -0.136. The Hall–Kier alpha value is -2.71. The molecule has 0 atom stereocenters. The number of carboxylic acid groups (broad SMARTS) is 2. The van der Waals surface area contributed by atoms with Crippen molar-refractivity contribution in [1.29, 1.82) is 0 Å². The van der Waals surface area contributed by atoms with Gasteiger partial charge in [0, 0.05) is 0 Å². The van der Waals surface area contributed by atoms with E-state index in [1.807, 2.05) is 0 Å². The molecule has 0 radical (unpaired) electrons. The summed E-state index contributed by atoms with van der Waals surface area (Å²) in [5.41, 5.74) is -0.0585. The van der Waals surface area contributed by atoms with E-state index in [-0.39, 0.29) is 11.5 Å². The number of aliphatic carboxylic acids is 2. The number of rotatable bonds is 6. The minimum absolute atomic E-state index is 0.0393. The number of carbonyl (C=O) groups is 3. The second kappa shape index (κ2) is 6.28. The van der Waals surface area contributed by atoms with Crippen molar-refractivity contribution < 1.29 is 29.3 Å². The van der Waals surface area contributed by atoms with E-state index in [0.29, 0.717) is 0 Å². The van der Waals surface area contributed by atoms with Gasteiger partial charge in [-0.25, -0.2) is 4.79 Å². The second-order valence-electron chi connectivity index (χ2n) is 3.41. The summed E-state index contributed by atoms with van der Waals surface area (Å²) >= 11 is 0. The van der Waals surface area contributed by atoms with Gasteiger partial charge in [0.15, 0.2) is 11.5 Å². The summed E-state index contributed by atoms with van der Waals surface area (Å²) in [6.07, 6.45) is 0. The van der Waals surface area contributed by atoms with Crippen molar-refractivity contribution >= 4 is 23.7 Å². The van der Waals surface area contributed by atoms with Crippen LogP contribution in [0.4, 0.5) is 5.82 Å². The zero-order valence-corrected chi connectivity index (χ0v) is 9.94. The van der Waals surface area contributed by atoms with E-state index in [2.05, 4.69) is 14.9 Å². The van der Waals surface area contributed by atoms with Gasteiger partial charge in [-0.15, -0.1) is 10.2 Å². The van der Waals surface area contributed by atoms with E-state index in [0.717, 1.165) is 4.90 Å². The highest BCUT2D eigenvalue weighted by Crippen LogP contribution is 2.09. The second-order valence-corrected chi connectivity index (χ2v) is 3.41. The quantitative estimate of drug-likeness (QED) is 0.639. The normalized spacial score (nSPS) is 9.74. The molecule has 0 bridgehead atoms. The SMILES string of the molecule is COC(=O)c1ccc(N(CC(=O)O)CC(=O)O)nn1. The monoisotopic (exact) mass is 269 g/mol. The molecule has 1 aromatic rings. The average molecular weight is 269 g/mol. The Morgan fingerprint density at radius 3 is 2.11 bits per heavy atom. The van der Waals surface area contributed by atoms with Gasteiger partial charge in [0.25, 0.3) is 0 Å². The fourth-order valence-electron chi connectivity index (χ4n) is 1.25. The molecule has 1 aromatic heterocycles. The number of carboxylic acids is 2. The highest BCUT2D eigenvalue weighted by molar-refractivity contribution is 5.87. The summed E-state index contributed by atoms with van der Waals surface area (Å²) in [5.74, 6) is -3.07. The topological polar surface area (TPSA) is 130 Å². The zero-order valence-electron chi connectivity index (χ0n) is 9.94. The predicted octanol–water partition coefficient (Wildman–Crippen LogP) is -0.761. The van der Waals surface area contributed by atoms with Crippen LogP contribution in [0.5, 0.6) is 0 Å². The first-order valence-electron chi connectivity index (χ1n) is 5.04. The molecular formula is C10H11N3O6. The molecule has 102 valence electrons. The van der Waals surface area contributed by atoms with E-state index in [4.69, 9.17) is 10.2 Å². The number of esters is 1. The third-order valence-electron chi connectivity index (χ3n) is 2.02. The van der Waals surface area contributed by atoms with Gasteiger partial charge in [0.1, 0.15) is 13.1 Å². The number of aromatic nitrogens is 2. The number of methoxy groups -OCH3 is 1. The number of ether oxygens (including phenoxy) is 1. The Labute approximate surface area is 107 Å². The van der Waals surface area contributed by atoms with Gasteiger partial charge in [0.05, 0.1) is 7.11 Å². The lowest BCUT2D eigenvalue weighted by Crippen LogP contribution is -2.35. The van der Waals surface area contributed by atoms with Crippen molar-refractivity contribution in [3.8, 4) is 0 Å². The molecule has 0 saturated carbocycles. The van der Waals surface area contributed by atoms with Gasteiger partial charge in [-0.1, -0.05) is 0 Å². The standard InChI is InChI=1S/C10H11N3O6/c1-19-10(18)6-2-3-7(12-11-6)13(4-8(14)15)5-9(16)17/h2-3H,4-5H2,1H3,(H,14,15)(H,16,17). The summed E-state index contributed by atoms with van der Waals surface area (Å²) in [6, 6.07) is 2.57. The molecule has 0 fully saturated rings. The Morgan fingerprint density at radius 2 is 1.74 bits per heavy atom. The maximum atomic E-state index is 11.1. The van der Waals surface area contributed by atoms with Crippen molar-refractivity contribution in [2.24, 2.45) is 0 Å². The fraction of sp³-hybridized carbons (Fsp3) is 0.300. The summed E-state index contributed by atoms with van der Waals surface area (Å²) in [4.78, 5) is 33.4. The van der Waals surface area contributed by atoms with Crippen LogP contribution in [0.25, 0.3) is 0 Å². The van der Waals surface area contributed by atoms with Crippen LogP contribution < -0.4 is 4.90 Å². The number of anilines is 1. The van der Waals surface area contributed by atoms with Crippen molar-refractivity contribution in [3.63, 3.8) is 0 Å². The van der Waals surface area contributed by atoms with E-state index in [1.165, 1.54) is 19.2 Å². The van der Waals surface area contributed by atoms with E-state index < -0.39 is 31.0 Å². The van der Waals surface area contributed by atoms with Gasteiger partial charge in [0.2, 0.25) is 0 Å². The smallest absolute Gasteiger partial charge is 0.358 e. The Kier molecular flexibility index (Phi) is 4.75. The zero-order chi connectivity index (χ0) is 14.4. The largest absolute Gasteiger partial charge is 0.480 e. The van der Waals surface area contributed by atoms with Gasteiger partial charge in [-0.05, 0) is 12.1 Å². The molecule has 9 nitrogen and oxygen atoms in total. The number of carbonyl (C=O) groups excluding carboxylic acids is 1. The predicted molar refractivity (Wildman–Crippen MR) is 60.9 cm³/mol. The number of hydrogen-bond acceptors (Lipinski definition) is 7. The molecule has 0 aliphatic carbocycles. The van der Waals surface area contributed by atoms with Crippen LogP contribution in [0.2, 0.25) is 0 Å². The third kappa shape index (κ3) is 4.22. The molecule has 0 spiro atoms. The van der Waals surface area contributed by atoms with E-state index >= 15 is 0 Å². The maximum Gasteiger partial charge on any atom is 0.358 e. The minimum Gasteiger partial charge on any atom is -0.480 e. The first kappa shape index (κ1) is 14.4. The summed E-state index contributed by atoms with van der Waals surface area (Å²) in [5, 5.41) is 24.5. The van der Waals surface area contributed by atoms with E-state index in [9.17, 15) is 14.4 Å². The molecule has 0 aromatic carbocycles. The van der Waals surface area contributed by atoms with Crippen molar-refractivity contribution in [2.75, 3.05) is 25.1 Å². The minimum atomic E-state index is -1.21. The molecule has 0 amide bonds. The highest BCUT2D eigenvalue weighted by Gasteiger charge is 2.17. The molecule has 9 heteroatoms. The van der Waals surface area contributed by atoms with Gasteiger partial charge < -0.3 is 19.8 Å². The molecule has 0 aliphatic rings. The average Bonchev–Trinajstić information content (AvgIpc) is 2.36. The first-order chi connectivity index (χ1) is 8.93. The van der Waals surface area contributed by atoms with Crippen LogP contribution in [-0.4, -0.2) is 58.5 Å². The van der Waals surface area contributed by atoms with Gasteiger partial charge in [-0.3, -0.25) is 9.59 Å². The van der Waals surface area contributed by atoms with Crippen LogP contribution in [0.1, 0.15) is 10.5 Å². The molecule has 19 heavy (non-hydrogen) atoms. The summed E-state index contributed by atoms with van der Waals surface area (Å²) < 4.78 is 4.42. The Balaban J connectivity index is 2.93. The number of hydrogen-bond donors (Lipinski definition) is 2. The third-order valence-corrected chi connectivity index (χ3v) is 2.02. The van der Waals surface area contributed by atoms with Crippen molar-refractivity contribution in [1.82, 2.24) is 10.2 Å². The summed E-state index contributed by atoms with van der Waals surface area (Å²) in [7, 11) is 1.18. The highest BCUT2D eigenvalue weighted by atomic mass is 16.5. The number of nitrogens with zero attached hydrogens (tertiary/aromatic N) is 3. The van der Waals surface area contributed by atoms with Crippen LogP contribution >= 0.6 is 0 Å². The van der Waals surface area contributed by atoms with Crippen LogP contribution in [-0.2, 0) is 14.3 Å². The van der Waals surface area contributed by atoms with Crippen molar-refractivity contribution in [3.05, 3.63) is 17.8 Å². The molecule has 0 unspecified atom stereocenters. The van der Waals surface area contributed by atoms with E-state index in [1.54, 1.807) is 0 Å². The molecule has 2 N–H and O–H groups in total. The fourth-order valence-corrected chi connectivity index (χ4v) is 1.25.